The third-order valence-electron chi connectivity index (χ3n) is 4.02. The fourth-order valence-electron chi connectivity index (χ4n) is 2.64. The first-order chi connectivity index (χ1) is 8.96. The Morgan fingerprint density at radius 3 is 2.58 bits per heavy atom. The monoisotopic (exact) mass is 265 g/mol. The summed E-state index contributed by atoms with van der Waals surface area (Å²) in [5.74, 6) is -0.534. The summed E-state index contributed by atoms with van der Waals surface area (Å²) in [7, 11) is 0. The number of benzene rings is 1. The molecule has 0 saturated carbocycles. The number of likely N-dealkylation sites (tertiary alicyclic amines) is 1. The molecule has 2 rings (SSSR count). The molecule has 0 radical (unpaired) electrons. The van der Waals surface area contributed by atoms with E-state index in [4.69, 9.17) is 11.5 Å². The quantitative estimate of drug-likeness (QED) is 0.854. The average Bonchev–Trinajstić information content (AvgIpc) is 2.77. The largest absolute Gasteiger partial charge is 0.369 e. The van der Waals surface area contributed by atoms with Crippen molar-refractivity contribution in [1.82, 2.24) is 4.90 Å². The first-order valence-electron chi connectivity index (χ1n) is 6.46. The lowest BCUT2D eigenvalue weighted by atomic mass is 9.89. The fraction of sp³-hybridized carbons (Fsp3) is 0.500. The van der Waals surface area contributed by atoms with Crippen LogP contribution in [0.3, 0.4) is 0 Å². The number of nitrogens with two attached hydrogens (primary N) is 2. The summed E-state index contributed by atoms with van der Waals surface area (Å²) in [6, 6.07) is 6.35. The molecule has 1 aromatic carbocycles. The van der Waals surface area contributed by atoms with Gasteiger partial charge in [-0.15, -0.1) is 0 Å². The number of carbonyl (C=O) groups excluding carboxylic acids is 1. The number of halogens is 1. The third kappa shape index (κ3) is 2.77. The second kappa shape index (κ2) is 5.27. The van der Waals surface area contributed by atoms with Crippen molar-refractivity contribution in [3.05, 3.63) is 35.6 Å². The SMILES string of the molecule is CC1(C(N)=O)CCN(C(CN)c2ccc(F)cc2)C1. The molecule has 1 fully saturated rings. The van der Waals surface area contributed by atoms with E-state index in [1.807, 2.05) is 6.92 Å². The van der Waals surface area contributed by atoms with Gasteiger partial charge in [-0.1, -0.05) is 12.1 Å². The lowest BCUT2D eigenvalue weighted by molar-refractivity contribution is -0.126. The van der Waals surface area contributed by atoms with Gasteiger partial charge in [0.05, 0.1) is 5.41 Å². The first kappa shape index (κ1) is 14.0. The molecule has 1 amide bonds. The number of rotatable bonds is 4. The molecule has 1 aliphatic heterocycles. The number of primary amides is 1. The molecule has 5 heteroatoms. The number of hydrogen-bond acceptors (Lipinski definition) is 3. The minimum absolute atomic E-state index is 0.00164. The number of carbonyl (C=O) groups is 1. The van der Waals surface area contributed by atoms with Crippen LogP contribution < -0.4 is 11.5 Å². The van der Waals surface area contributed by atoms with Crippen molar-refractivity contribution in [3.63, 3.8) is 0 Å². The molecule has 0 spiro atoms. The van der Waals surface area contributed by atoms with Crippen molar-refractivity contribution >= 4 is 5.91 Å². The Bertz CT molecular complexity index is 462. The molecule has 1 aromatic rings. The lowest BCUT2D eigenvalue weighted by Gasteiger charge is -2.28. The van der Waals surface area contributed by atoms with Crippen molar-refractivity contribution in [1.29, 1.82) is 0 Å². The molecule has 0 bridgehead atoms. The van der Waals surface area contributed by atoms with Gasteiger partial charge < -0.3 is 11.5 Å². The summed E-state index contributed by atoms with van der Waals surface area (Å²) in [6.45, 7) is 3.69. The van der Waals surface area contributed by atoms with Crippen LogP contribution in [-0.2, 0) is 4.79 Å². The molecule has 0 aromatic heterocycles. The van der Waals surface area contributed by atoms with Crippen LogP contribution in [0.1, 0.15) is 24.9 Å². The highest BCUT2D eigenvalue weighted by Crippen LogP contribution is 2.34. The van der Waals surface area contributed by atoms with Crippen molar-refractivity contribution < 1.29 is 9.18 Å². The van der Waals surface area contributed by atoms with Gasteiger partial charge in [-0.05, 0) is 37.6 Å². The topological polar surface area (TPSA) is 72.4 Å². The van der Waals surface area contributed by atoms with E-state index in [2.05, 4.69) is 4.90 Å². The van der Waals surface area contributed by atoms with Crippen LogP contribution in [0.2, 0.25) is 0 Å². The highest BCUT2D eigenvalue weighted by Gasteiger charge is 2.41. The maximum Gasteiger partial charge on any atom is 0.224 e. The van der Waals surface area contributed by atoms with Gasteiger partial charge in [0, 0.05) is 19.1 Å². The summed E-state index contributed by atoms with van der Waals surface area (Å²) in [5, 5.41) is 0. The normalized spacial score (nSPS) is 25.4. The summed E-state index contributed by atoms with van der Waals surface area (Å²) in [5.41, 5.74) is 11.8. The molecule has 4 N–H and O–H groups in total. The van der Waals surface area contributed by atoms with Gasteiger partial charge in [-0.25, -0.2) is 4.39 Å². The zero-order chi connectivity index (χ0) is 14.0. The number of amides is 1. The van der Waals surface area contributed by atoms with Gasteiger partial charge in [-0.3, -0.25) is 9.69 Å². The predicted octanol–water partition coefficient (Wildman–Crippen LogP) is 1.02. The summed E-state index contributed by atoms with van der Waals surface area (Å²) >= 11 is 0. The number of nitrogens with zero attached hydrogens (tertiary/aromatic N) is 1. The van der Waals surface area contributed by atoms with Crippen LogP contribution in [-0.4, -0.2) is 30.4 Å². The van der Waals surface area contributed by atoms with Crippen LogP contribution >= 0.6 is 0 Å². The molecular formula is C14H20FN3O. The zero-order valence-electron chi connectivity index (χ0n) is 11.1. The lowest BCUT2D eigenvalue weighted by Crippen LogP contribution is -2.39. The average molecular weight is 265 g/mol. The van der Waals surface area contributed by atoms with Gasteiger partial charge in [0.1, 0.15) is 5.82 Å². The Kier molecular flexibility index (Phi) is 3.87. The molecule has 104 valence electrons. The smallest absolute Gasteiger partial charge is 0.224 e. The Morgan fingerprint density at radius 1 is 1.47 bits per heavy atom. The highest BCUT2D eigenvalue weighted by molar-refractivity contribution is 5.81. The van der Waals surface area contributed by atoms with Gasteiger partial charge in [0.25, 0.3) is 0 Å². The third-order valence-corrected chi connectivity index (χ3v) is 4.02. The van der Waals surface area contributed by atoms with E-state index in [9.17, 15) is 9.18 Å². The van der Waals surface area contributed by atoms with Crippen molar-refractivity contribution in [2.24, 2.45) is 16.9 Å². The molecule has 1 heterocycles. The highest BCUT2D eigenvalue weighted by atomic mass is 19.1. The maximum atomic E-state index is 13.0. The molecular weight excluding hydrogens is 245 g/mol. The van der Waals surface area contributed by atoms with Crippen molar-refractivity contribution in [2.75, 3.05) is 19.6 Å². The van der Waals surface area contributed by atoms with E-state index in [-0.39, 0.29) is 17.8 Å². The van der Waals surface area contributed by atoms with Gasteiger partial charge in [-0.2, -0.15) is 0 Å². The maximum absolute atomic E-state index is 13.0. The first-order valence-corrected chi connectivity index (χ1v) is 6.46. The summed E-state index contributed by atoms with van der Waals surface area (Å²) < 4.78 is 13.0. The van der Waals surface area contributed by atoms with Crippen LogP contribution in [0.25, 0.3) is 0 Å². The zero-order valence-corrected chi connectivity index (χ0v) is 11.1. The van der Waals surface area contributed by atoms with E-state index < -0.39 is 5.41 Å². The standard InChI is InChI=1S/C14H20FN3O/c1-14(13(17)19)6-7-18(9-14)12(8-16)10-2-4-11(15)5-3-10/h2-5,12H,6-9,16H2,1H3,(H2,17,19). The van der Waals surface area contributed by atoms with Crippen molar-refractivity contribution in [3.8, 4) is 0 Å². The summed E-state index contributed by atoms with van der Waals surface area (Å²) in [4.78, 5) is 13.6. The molecule has 4 nitrogen and oxygen atoms in total. The molecule has 1 saturated heterocycles. The van der Waals surface area contributed by atoms with Gasteiger partial charge in [0.2, 0.25) is 5.91 Å². The van der Waals surface area contributed by atoms with Crippen LogP contribution in [0.5, 0.6) is 0 Å². The Hall–Kier alpha value is -1.46. The number of hydrogen-bond donors (Lipinski definition) is 2. The van der Waals surface area contributed by atoms with E-state index >= 15 is 0 Å². The Morgan fingerprint density at radius 2 is 2.11 bits per heavy atom. The second-order valence-electron chi connectivity index (χ2n) is 5.45. The fourth-order valence-corrected chi connectivity index (χ4v) is 2.64. The minimum Gasteiger partial charge on any atom is -0.369 e. The van der Waals surface area contributed by atoms with Crippen LogP contribution in [0, 0.1) is 11.2 Å². The summed E-state index contributed by atoms with van der Waals surface area (Å²) in [6.07, 6.45) is 0.736. The Balaban J connectivity index is 2.16. The Labute approximate surface area is 112 Å². The molecule has 2 atom stereocenters. The van der Waals surface area contributed by atoms with E-state index in [0.717, 1.165) is 18.5 Å². The molecule has 1 aliphatic rings. The van der Waals surface area contributed by atoms with Crippen LogP contribution in [0.15, 0.2) is 24.3 Å². The second-order valence-corrected chi connectivity index (χ2v) is 5.45. The van der Waals surface area contributed by atoms with E-state index in [0.29, 0.717) is 13.1 Å². The van der Waals surface area contributed by atoms with Crippen LogP contribution in [0.4, 0.5) is 4.39 Å². The molecule has 19 heavy (non-hydrogen) atoms. The van der Waals surface area contributed by atoms with Gasteiger partial charge >= 0.3 is 0 Å². The predicted molar refractivity (Wildman–Crippen MR) is 71.7 cm³/mol. The van der Waals surface area contributed by atoms with Gasteiger partial charge in [0.15, 0.2) is 0 Å². The molecule has 2 unspecified atom stereocenters. The minimum atomic E-state index is -0.493. The van der Waals surface area contributed by atoms with E-state index in [1.165, 1.54) is 12.1 Å². The van der Waals surface area contributed by atoms with Crippen molar-refractivity contribution in [2.45, 2.75) is 19.4 Å². The molecule has 0 aliphatic carbocycles. The van der Waals surface area contributed by atoms with E-state index in [1.54, 1.807) is 12.1 Å².